The summed E-state index contributed by atoms with van der Waals surface area (Å²) < 4.78 is 10.8. The van der Waals surface area contributed by atoms with Gasteiger partial charge in [-0.05, 0) is 60.3 Å². The molecule has 3 aromatic rings. The minimum atomic E-state index is -0.460. The number of thiocarbonyl (C=S) groups is 1. The van der Waals surface area contributed by atoms with Gasteiger partial charge in [-0.25, -0.2) is 0 Å². The summed E-state index contributed by atoms with van der Waals surface area (Å²) in [6.07, 6.45) is 2.79. The van der Waals surface area contributed by atoms with E-state index in [2.05, 4.69) is 16.2 Å². The molecule has 0 aliphatic rings. The van der Waals surface area contributed by atoms with Crippen molar-refractivity contribution in [3.63, 3.8) is 0 Å². The summed E-state index contributed by atoms with van der Waals surface area (Å²) in [6, 6.07) is 16.9. The monoisotopic (exact) mass is 409 g/mol. The Morgan fingerprint density at radius 3 is 2.62 bits per heavy atom. The van der Waals surface area contributed by atoms with Gasteiger partial charge in [0.15, 0.2) is 11.7 Å². The zero-order chi connectivity index (χ0) is 20.6. The second-order valence-electron chi connectivity index (χ2n) is 6.07. The van der Waals surface area contributed by atoms with E-state index in [9.17, 15) is 9.59 Å². The van der Waals surface area contributed by atoms with Gasteiger partial charge in [0.05, 0.1) is 0 Å². The fourth-order valence-corrected chi connectivity index (χ4v) is 2.61. The zero-order valence-electron chi connectivity index (χ0n) is 15.6. The summed E-state index contributed by atoms with van der Waals surface area (Å²) in [6.45, 7) is 1.60. The molecule has 3 N–H and O–H groups in total. The van der Waals surface area contributed by atoms with E-state index >= 15 is 0 Å². The molecule has 0 fully saturated rings. The molecular weight excluding hydrogens is 390 g/mol. The van der Waals surface area contributed by atoms with Gasteiger partial charge in [0, 0.05) is 6.08 Å². The van der Waals surface area contributed by atoms with Gasteiger partial charge in [-0.1, -0.05) is 30.3 Å². The lowest BCUT2D eigenvalue weighted by atomic mass is 10.1. The fraction of sp³-hybridized carbons (Fsp3) is 0.0952. The van der Waals surface area contributed by atoms with Crippen LogP contribution in [0.3, 0.4) is 0 Å². The van der Waals surface area contributed by atoms with Gasteiger partial charge in [0.25, 0.3) is 5.91 Å². The van der Waals surface area contributed by atoms with Crippen LogP contribution in [0.2, 0.25) is 0 Å². The van der Waals surface area contributed by atoms with E-state index in [0.29, 0.717) is 11.5 Å². The maximum atomic E-state index is 11.9. The smallest absolute Gasteiger partial charge is 0.276 e. The van der Waals surface area contributed by atoms with Crippen LogP contribution < -0.4 is 20.9 Å². The topological polar surface area (TPSA) is 92.6 Å². The van der Waals surface area contributed by atoms with Crippen molar-refractivity contribution in [1.29, 1.82) is 0 Å². The summed E-state index contributed by atoms with van der Waals surface area (Å²) in [5.74, 6) is 0.967. The van der Waals surface area contributed by atoms with Crippen molar-refractivity contribution < 1.29 is 18.7 Å². The second kappa shape index (κ2) is 9.52. The van der Waals surface area contributed by atoms with Crippen LogP contribution in [0.5, 0.6) is 5.75 Å². The Labute approximate surface area is 172 Å². The molecule has 3 rings (SSSR count). The zero-order valence-corrected chi connectivity index (χ0v) is 16.4. The van der Waals surface area contributed by atoms with E-state index in [-0.39, 0.29) is 11.7 Å². The highest BCUT2D eigenvalue weighted by molar-refractivity contribution is 7.80. The first kappa shape index (κ1) is 20.1. The molecule has 29 heavy (non-hydrogen) atoms. The molecule has 0 unspecified atom stereocenters. The van der Waals surface area contributed by atoms with E-state index in [4.69, 9.17) is 21.4 Å². The first-order valence-electron chi connectivity index (χ1n) is 8.75. The highest BCUT2D eigenvalue weighted by atomic mass is 32.1. The van der Waals surface area contributed by atoms with Crippen LogP contribution >= 0.6 is 12.2 Å². The van der Waals surface area contributed by atoms with Crippen molar-refractivity contribution in [2.24, 2.45) is 0 Å². The Morgan fingerprint density at radius 1 is 1.07 bits per heavy atom. The summed E-state index contributed by atoms with van der Waals surface area (Å²) in [4.78, 5) is 23.7. The van der Waals surface area contributed by atoms with Crippen molar-refractivity contribution in [1.82, 2.24) is 16.2 Å². The van der Waals surface area contributed by atoms with Crippen LogP contribution in [0, 0.1) is 6.92 Å². The molecule has 0 atom stereocenters. The average Bonchev–Trinajstić information content (AvgIpc) is 3.14. The normalized spacial score (nSPS) is 10.7. The van der Waals surface area contributed by atoms with Gasteiger partial charge in [-0.3, -0.25) is 25.8 Å². The molecule has 1 aromatic heterocycles. The molecule has 7 nitrogen and oxygen atoms in total. The number of hydrazine groups is 1. The second-order valence-corrected chi connectivity index (χ2v) is 6.48. The van der Waals surface area contributed by atoms with Crippen LogP contribution in [0.15, 0.2) is 65.1 Å². The third-order valence-electron chi connectivity index (χ3n) is 3.80. The number of hydrogen-bond acceptors (Lipinski definition) is 5. The van der Waals surface area contributed by atoms with Crippen molar-refractivity contribution in [2.45, 2.75) is 6.92 Å². The first-order valence-corrected chi connectivity index (χ1v) is 9.16. The quantitative estimate of drug-likeness (QED) is 0.341. The van der Waals surface area contributed by atoms with Gasteiger partial charge in [-0.15, -0.1) is 0 Å². The van der Waals surface area contributed by atoms with Crippen LogP contribution in [0.25, 0.3) is 16.8 Å². The molecule has 0 radical (unpaired) electrons. The van der Waals surface area contributed by atoms with Gasteiger partial charge in [0.1, 0.15) is 17.3 Å². The Bertz CT molecular complexity index is 1070. The van der Waals surface area contributed by atoms with Crippen molar-refractivity contribution in [2.75, 3.05) is 6.61 Å². The van der Waals surface area contributed by atoms with Crippen molar-refractivity contribution in [3.05, 3.63) is 72.2 Å². The molecule has 2 amide bonds. The summed E-state index contributed by atoms with van der Waals surface area (Å²) in [5.41, 5.74) is 4.80. The van der Waals surface area contributed by atoms with Crippen molar-refractivity contribution >= 4 is 46.0 Å². The molecule has 8 heteroatoms. The number of hydrogen-bond donors (Lipinski definition) is 3. The third-order valence-corrected chi connectivity index (χ3v) is 4.01. The van der Waals surface area contributed by atoms with E-state index in [1.54, 1.807) is 18.2 Å². The highest BCUT2D eigenvalue weighted by Gasteiger charge is 2.06. The van der Waals surface area contributed by atoms with Gasteiger partial charge in [-0.2, -0.15) is 0 Å². The molecular formula is C21H19N3O4S. The molecule has 0 aliphatic carbocycles. The lowest BCUT2D eigenvalue weighted by molar-refractivity contribution is -0.123. The lowest BCUT2D eigenvalue weighted by Crippen LogP contribution is -2.49. The van der Waals surface area contributed by atoms with Crippen LogP contribution in [-0.4, -0.2) is 23.5 Å². The Balaban J connectivity index is 1.39. The number of carbonyl (C=O) groups is 2. The summed E-state index contributed by atoms with van der Waals surface area (Å²) >= 11 is 4.96. The van der Waals surface area contributed by atoms with Crippen LogP contribution in [0.1, 0.15) is 11.5 Å². The molecule has 0 aliphatic heterocycles. The molecule has 2 aromatic carbocycles. The number of rotatable bonds is 5. The third kappa shape index (κ3) is 6.18. The molecule has 1 heterocycles. The fourth-order valence-electron chi connectivity index (χ4n) is 2.45. The van der Waals surface area contributed by atoms with E-state index < -0.39 is 11.8 Å². The SMILES string of the molecule is Cc1ccc(C=CC(=O)NC(=S)NNC(=O)COc2ccc3ccccc3c2)o1. The van der Waals surface area contributed by atoms with Gasteiger partial charge >= 0.3 is 0 Å². The van der Waals surface area contributed by atoms with Crippen molar-refractivity contribution in [3.8, 4) is 5.75 Å². The molecule has 0 spiro atoms. The lowest BCUT2D eigenvalue weighted by Gasteiger charge is -2.11. The Hall–Kier alpha value is -3.65. The number of amides is 2. The maximum absolute atomic E-state index is 11.9. The number of nitrogens with one attached hydrogen (secondary N) is 3. The van der Waals surface area contributed by atoms with Crippen LogP contribution in [-0.2, 0) is 9.59 Å². The number of ether oxygens (including phenoxy) is 1. The predicted octanol–water partition coefficient (Wildman–Crippen LogP) is 2.86. The Kier molecular flexibility index (Phi) is 6.59. The summed E-state index contributed by atoms with van der Waals surface area (Å²) in [5, 5.41) is 4.46. The molecule has 0 saturated heterocycles. The van der Waals surface area contributed by atoms with Crippen LogP contribution in [0.4, 0.5) is 0 Å². The largest absolute Gasteiger partial charge is 0.484 e. The standard InChI is InChI=1S/C21H19N3O4S/c1-14-6-8-17(28-14)10-11-19(25)22-21(29)24-23-20(26)13-27-18-9-7-15-4-2-3-5-16(15)12-18/h2-12H,13H2,1H3,(H,23,26)(H2,22,24,25,29). The highest BCUT2D eigenvalue weighted by Crippen LogP contribution is 2.20. The number of benzene rings is 2. The average molecular weight is 409 g/mol. The van der Waals surface area contributed by atoms with E-state index in [1.807, 2.05) is 43.3 Å². The van der Waals surface area contributed by atoms with E-state index in [0.717, 1.165) is 16.5 Å². The van der Waals surface area contributed by atoms with E-state index in [1.165, 1.54) is 12.2 Å². The first-order chi connectivity index (χ1) is 14.0. The number of carbonyl (C=O) groups excluding carboxylic acids is 2. The maximum Gasteiger partial charge on any atom is 0.276 e. The Morgan fingerprint density at radius 2 is 1.86 bits per heavy atom. The number of fused-ring (bicyclic) bond motifs is 1. The molecule has 0 bridgehead atoms. The molecule has 148 valence electrons. The van der Waals surface area contributed by atoms with Gasteiger partial charge < -0.3 is 9.15 Å². The number of furan rings is 1. The summed E-state index contributed by atoms with van der Waals surface area (Å²) in [7, 11) is 0. The number of aryl methyl sites for hydroxylation is 1. The molecule has 0 saturated carbocycles. The minimum Gasteiger partial charge on any atom is -0.484 e. The van der Waals surface area contributed by atoms with Gasteiger partial charge in [0.2, 0.25) is 5.91 Å². The predicted molar refractivity (Wildman–Crippen MR) is 114 cm³/mol. The minimum absolute atomic E-state index is 0.0469.